The summed E-state index contributed by atoms with van der Waals surface area (Å²) in [6, 6.07) is 9.04. The Bertz CT molecular complexity index is 1050. The summed E-state index contributed by atoms with van der Waals surface area (Å²) in [5.41, 5.74) is 1.21. The number of phenols is 1. The monoisotopic (exact) mass is 418 g/mol. The molecule has 0 spiro atoms. The van der Waals surface area contributed by atoms with E-state index in [4.69, 9.17) is 0 Å². The van der Waals surface area contributed by atoms with Gasteiger partial charge in [-0.1, -0.05) is 31.0 Å². The molecule has 0 bridgehead atoms. The highest BCUT2D eigenvalue weighted by Gasteiger charge is 2.30. The van der Waals surface area contributed by atoms with Gasteiger partial charge in [-0.3, -0.25) is 0 Å². The third-order valence-corrected chi connectivity index (χ3v) is 7.16. The van der Waals surface area contributed by atoms with Crippen LogP contribution in [0, 0.1) is 5.92 Å². The first-order chi connectivity index (χ1) is 13.8. The lowest BCUT2D eigenvalue weighted by Crippen LogP contribution is -2.29. The van der Waals surface area contributed by atoms with Gasteiger partial charge in [0, 0.05) is 0 Å². The first-order valence-electron chi connectivity index (χ1n) is 10.0. The van der Waals surface area contributed by atoms with Crippen molar-refractivity contribution in [2.75, 3.05) is 4.31 Å². The van der Waals surface area contributed by atoms with Crippen LogP contribution >= 0.6 is 0 Å². The summed E-state index contributed by atoms with van der Waals surface area (Å²) in [6.07, 6.45) is 8.03. The number of phenolic OH excluding ortho intramolecular Hbond substituents is 1. The summed E-state index contributed by atoms with van der Waals surface area (Å²) in [7, 11) is -3.97. The molecule has 1 aliphatic heterocycles. The van der Waals surface area contributed by atoms with Crippen LogP contribution in [0.1, 0.15) is 44.1 Å². The summed E-state index contributed by atoms with van der Waals surface area (Å²) in [5, 5.41) is 31.5. The SMILES string of the molecule is O=S1(=O)NC(O)=CN1c1cc2cc(CCCC3CCCCC3O)ccc2cc1O. The predicted molar refractivity (Wildman–Crippen MR) is 112 cm³/mol. The molecule has 7 nitrogen and oxygen atoms in total. The van der Waals surface area contributed by atoms with Crippen LogP contribution in [0.4, 0.5) is 5.69 Å². The molecule has 2 aromatic carbocycles. The number of nitrogens with one attached hydrogen (secondary N) is 1. The maximum atomic E-state index is 12.1. The van der Waals surface area contributed by atoms with Gasteiger partial charge in [0.2, 0.25) is 5.88 Å². The van der Waals surface area contributed by atoms with E-state index in [2.05, 4.69) is 0 Å². The van der Waals surface area contributed by atoms with Crippen LogP contribution in [0.25, 0.3) is 10.8 Å². The lowest BCUT2D eigenvalue weighted by atomic mass is 9.83. The molecule has 0 aromatic heterocycles. The molecule has 8 heteroatoms. The standard InChI is InChI=1S/C21H26N2O5S/c24-19-7-2-1-5-15(19)6-3-4-14-8-9-16-12-20(25)18(11-17(16)10-14)23-13-21(26)22-29(23,27)28/h8-13,15,19,22,24-26H,1-7H2. The molecule has 1 saturated carbocycles. The minimum absolute atomic E-state index is 0.0801. The first-order valence-corrected chi connectivity index (χ1v) is 11.4. The minimum Gasteiger partial charge on any atom is -0.506 e. The number of aliphatic hydroxyl groups is 2. The average molecular weight is 419 g/mol. The molecule has 1 aliphatic carbocycles. The van der Waals surface area contributed by atoms with Gasteiger partial charge < -0.3 is 15.3 Å². The summed E-state index contributed by atoms with van der Waals surface area (Å²) in [6.45, 7) is 0. The van der Waals surface area contributed by atoms with Gasteiger partial charge in [0.1, 0.15) is 11.4 Å². The number of nitrogens with zero attached hydrogens (tertiary/aromatic N) is 1. The van der Waals surface area contributed by atoms with E-state index < -0.39 is 16.1 Å². The number of aryl methyl sites for hydroxylation is 1. The van der Waals surface area contributed by atoms with E-state index in [1.165, 1.54) is 12.5 Å². The van der Waals surface area contributed by atoms with E-state index in [9.17, 15) is 23.7 Å². The largest absolute Gasteiger partial charge is 0.506 e. The number of anilines is 1. The van der Waals surface area contributed by atoms with Crippen LogP contribution in [0.2, 0.25) is 0 Å². The molecule has 1 fully saturated rings. The van der Waals surface area contributed by atoms with Gasteiger partial charge in [-0.25, -0.2) is 9.03 Å². The Morgan fingerprint density at radius 1 is 1.07 bits per heavy atom. The predicted octanol–water partition coefficient (Wildman–Crippen LogP) is 3.43. The number of benzene rings is 2. The van der Waals surface area contributed by atoms with Crippen molar-refractivity contribution in [3.05, 3.63) is 48.0 Å². The zero-order valence-corrected chi connectivity index (χ0v) is 16.9. The fourth-order valence-electron chi connectivity index (χ4n) is 4.34. The number of rotatable bonds is 5. The number of hydrogen-bond donors (Lipinski definition) is 4. The van der Waals surface area contributed by atoms with E-state index >= 15 is 0 Å². The second-order valence-electron chi connectivity index (χ2n) is 7.94. The molecule has 2 aromatic rings. The van der Waals surface area contributed by atoms with Crippen LogP contribution in [-0.4, -0.2) is 29.8 Å². The number of hydrogen-bond acceptors (Lipinski definition) is 5. The zero-order valence-electron chi connectivity index (χ0n) is 16.1. The van der Waals surface area contributed by atoms with Crippen LogP contribution in [0.15, 0.2) is 42.4 Å². The van der Waals surface area contributed by atoms with E-state index in [1.807, 2.05) is 22.9 Å². The van der Waals surface area contributed by atoms with Crippen molar-refractivity contribution in [1.82, 2.24) is 4.72 Å². The number of fused-ring (bicyclic) bond motifs is 1. The molecule has 2 atom stereocenters. The first kappa shape index (κ1) is 19.8. The van der Waals surface area contributed by atoms with Gasteiger partial charge in [-0.15, -0.1) is 0 Å². The molecule has 0 amide bonds. The fraction of sp³-hybridized carbons (Fsp3) is 0.429. The Labute approximate surface area is 170 Å². The van der Waals surface area contributed by atoms with Gasteiger partial charge >= 0.3 is 10.2 Å². The van der Waals surface area contributed by atoms with Gasteiger partial charge in [0.25, 0.3) is 0 Å². The Balaban J connectivity index is 1.53. The highest BCUT2D eigenvalue weighted by atomic mass is 32.2. The smallest absolute Gasteiger partial charge is 0.330 e. The molecule has 0 radical (unpaired) electrons. The van der Waals surface area contributed by atoms with Crippen molar-refractivity contribution in [1.29, 1.82) is 0 Å². The number of aliphatic hydroxyl groups excluding tert-OH is 2. The molecule has 0 saturated heterocycles. The highest BCUT2D eigenvalue weighted by molar-refractivity contribution is 7.91. The summed E-state index contributed by atoms with van der Waals surface area (Å²) in [5.74, 6) is -0.295. The van der Waals surface area contributed by atoms with Crippen LogP contribution < -0.4 is 9.03 Å². The molecule has 1 heterocycles. The van der Waals surface area contributed by atoms with Crippen molar-refractivity contribution < 1.29 is 23.7 Å². The van der Waals surface area contributed by atoms with E-state index in [1.54, 1.807) is 6.07 Å². The molecule has 4 N–H and O–H groups in total. The maximum absolute atomic E-state index is 12.1. The molecular formula is C21H26N2O5S. The van der Waals surface area contributed by atoms with Crippen molar-refractivity contribution >= 4 is 26.7 Å². The summed E-state index contributed by atoms with van der Waals surface area (Å²) < 4.78 is 27.0. The molecule has 156 valence electrons. The summed E-state index contributed by atoms with van der Waals surface area (Å²) in [4.78, 5) is 0. The molecule has 2 aliphatic rings. The number of aromatic hydroxyl groups is 1. The maximum Gasteiger partial charge on any atom is 0.330 e. The van der Waals surface area contributed by atoms with Crippen molar-refractivity contribution in [3.8, 4) is 5.75 Å². The van der Waals surface area contributed by atoms with Crippen LogP contribution in [0.3, 0.4) is 0 Å². The van der Waals surface area contributed by atoms with Crippen molar-refractivity contribution in [3.63, 3.8) is 0 Å². The zero-order chi connectivity index (χ0) is 20.6. The van der Waals surface area contributed by atoms with Gasteiger partial charge in [0.15, 0.2) is 0 Å². The van der Waals surface area contributed by atoms with Crippen molar-refractivity contribution in [2.24, 2.45) is 5.92 Å². The Morgan fingerprint density at radius 2 is 1.86 bits per heavy atom. The second kappa shape index (κ2) is 7.76. The Morgan fingerprint density at radius 3 is 2.59 bits per heavy atom. The van der Waals surface area contributed by atoms with E-state index in [0.717, 1.165) is 65.4 Å². The van der Waals surface area contributed by atoms with Crippen LogP contribution in [-0.2, 0) is 16.6 Å². The van der Waals surface area contributed by atoms with Gasteiger partial charge in [-0.05, 0) is 66.5 Å². The highest BCUT2D eigenvalue weighted by Crippen LogP contribution is 2.36. The quantitative estimate of drug-likeness (QED) is 0.595. The summed E-state index contributed by atoms with van der Waals surface area (Å²) >= 11 is 0. The normalized spacial score (nSPS) is 23.8. The molecular weight excluding hydrogens is 392 g/mol. The van der Waals surface area contributed by atoms with Crippen LogP contribution in [0.5, 0.6) is 5.75 Å². The minimum atomic E-state index is -3.97. The lowest BCUT2D eigenvalue weighted by molar-refractivity contribution is 0.0643. The third-order valence-electron chi connectivity index (χ3n) is 5.88. The van der Waals surface area contributed by atoms with Gasteiger partial charge in [-0.2, -0.15) is 8.42 Å². The average Bonchev–Trinajstić information content (AvgIpc) is 2.95. The molecule has 29 heavy (non-hydrogen) atoms. The van der Waals surface area contributed by atoms with E-state index in [0.29, 0.717) is 5.92 Å². The topological polar surface area (TPSA) is 110 Å². The second-order valence-corrected chi connectivity index (χ2v) is 9.49. The van der Waals surface area contributed by atoms with E-state index in [-0.39, 0.29) is 17.5 Å². The fourth-order valence-corrected chi connectivity index (χ4v) is 5.39. The van der Waals surface area contributed by atoms with Gasteiger partial charge in [0.05, 0.1) is 12.3 Å². The lowest BCUT2D eigenvalue weighted by Gasteiger charge is -2.27. The Kier molecular flexibility index (Phi) is 5.31. The third kappa shape index (κ3) is 4.13. The molecule has 4 rings (SSSR count). The van der Waals surface area contributed by atoms with Crippen molar-refractivity contribution in [2.45, 2.75) is 51.0 Å². The molecule has 2 unspecified atom stereocenters. The Hall–Kier alpha value is -2.45.